The van der Waals surface area contributed by atoms with Crippen LogP contribution in [0.1, 0.15) is 63.7 Å². The third-order valence-electron chi connectivity index (χ3n) is 5.16. The molecule has 2 rings (SSSR count). The predicted molar refractivity (Wildman–Crippen MR) is 107 cm³/mol. The van der Waals surface area contributed by atoms with Crippen LogP contribution in [0.5, 0.6) is 0 Å². The summed E-state index contributed by atoms with van der Waals surface area (Å²) in [6, 6.07) is 8.60. The van der Waals surface area contributed by atoms with E-state index in [1.165, 1.54) is 25.2 Å². The summed E-state index contributed by atoms with van der Waals surface area (Å²) in [4.78, 5) is 0. The molecule has 156 valence electrons. The number of halogens is 2. The largest absolute Gasteiger partial charge is 0.498 e. The van der Waals surface area contributed by atoms with Crippen LogP contribution >= 0.6 is 0 Å². The Hall–Kier alpha value is -1.72. The Kier molecular flexibility index (Phi) is 9.13. The van der Waals surface area contributed by atoms with Gasteiger partial charge >= 0.3 is 0 Å². The summed E-state index contributed by atoms with van der Waals surface area (Å²) < 4.78 is 44.8. The van der Waals surface area contributed by atoms with Gasteiger partial charge in [-0.3, -0.25) is 0 Å². The summed E-state index contributed by atoms with van der Waals surface area (Å²) in [7, 11) is 1.32. The van der Waals surface area contributed by atoms with Crippen LogP contribution in [-0.4, -0.2) is 26.4 Å². The van der Waals surface area contributed by atoms with Gasteiger partial charge in [0.05, 0.1) is 32.5 Å². The standard InChI is InChI=1S/C23H32F2O3/c1-5-7-17-8-10-19(11-9-17)21-13-12-20(15-28-21)27-14-18(6-2)23(25)22(24)16(3)26-4/h8-11,20-21H,5-7,12-15H2,1-4H3/b22-16-,23-18-. The molecule has 0 amide bonds. The molecule has 2 atom stereocenters. The van der Waals surface area contributed by atoms with E-state index in [9.17, 15) is 8.78 Å². The molecule has 3 nitrogen and oxygen atoms in total. The number of benzene rings is 1. The average molecular weight is 395 g/mol. The molecule has 0 spiro atoms. The maximum atomic E-state index is 14.3. The minimum atomic E-state index is -0.963. The number of hydrogen-bond acceptors (Lipinski definition) is 3. The molecule has 0 N–H and O–H groups in total. The van der Waals surface area contributed by atoms with Crippen LogP contribution in [0.3, 0.4) is 0 Å². The highest BCUT2D eigenvalue weighted by Crippen LogP contribution is 2.30. The third kappa shape index (κ3) is 6.14. The van der Waals surface area contributed by atoms with Crippen molar-refractivity contribution in [1.82, 2.24) is 0 Å². The Morgan fingerprint density at radius 1 is 1.11 bits per heavy atom. The van der Waals surface area contributed by atoms with Crippen LogP contribution in [-0.2, 0) is 20.6 Å². The number of aryl methyl sites for hydroxylation is 1. The molecular formula is C23H32F2O3. The molecule has 1 aromatic rings. The normalized spacial score (nSPS) is 21.8. The molecule has 1 aliphatic rings. The molecule has 1 aromatic carbocycles. The van der Waals surface area contributed by atoms with Gasteiger partial charge in [0.25, 0.3) is 0 Å². The first kappa shape index (κ1) is 22.6. The number of rotatable bonds is 9. The molecule has 0 radical (unpaired) electrons. The quantitative estimate of drug-likeness (QED) is 0.360. The first-order valence-electron chi connectivity index (χ1n) is 10.1. The second kappa shape index (κ2) is 11.3. The Morgan fingerprint density at radius 2 is 1.82 bits per heavy atom. The first-order valence-corrected chi connectivity index (χ1v) is 10.1. The summed E-state index contributed by atoms with van der Waals surface area (Å²) >= 11 is 0. The molecule has 5 heteroatoms. The molecular weight excluding hydrogens is 362 g/mol. The van der Waals surface area contributed by atoms with Crippen LogP contribution in [0.2, 0.25) is 0 Å². The molecule has 1 fully saturated rings. The average Bonchev–Trinajstić information content (AvgIpc) is 2.74. The van der Waals surface area contributed by atoms with Gasteiger partial charge in [0.1, 0.15) is 5.76 Å². The van der Waals surface area contributed by atoms with Gasteiger partial charge in [-0.15, -0.1) is 0 Å². The van der Waals surface area contributed by atoms with Crippen molar-refractivity contribution in [1.29, 1.82) is 0 Å². The monoisotopic (exact) mass is 394 g/mol. The Bertz CT molecular complexity index is 672. The lowest BCUT2D eigenvalue weighted by Gasteiger charge is -2.29. The van der Waals surface area contributed by atoms with E-state index < -0.39 is 11.7 Å². The molecule has 2 unspecified atom stereocenters. The summed E-state index contributed by atoms with van der Waals surface area (Å²) in [6.07, 6.45) is 4.23. The zero-order valence-electron chi connectivity index (χ0n) is 17.4. The highest BCUT2D eigenvalue weighted by molar-refractivity contribution is 5.27. The molecule has 28 heavy (non-hydrogen) atoms. The summed E-state index contributed by atoms with van der Waals surface area (Å²) in [5.74, 6) is -1.92. The smallest absolute Gasteiger partial charge is 0.196 e. The molecule has 1 heterocycles. The van der Waals surface area contributed by atoms with Crippen molar-refractivity contribution < 1.29 is 23.0 Å². The second-order valence-corrected chi connectivity index (χ2v) is 7.17. The van der Waals surface area contributed by atoms with Gasteiger partial charge < -0.3 is 14.2 Å². The van der Waals surface area contributed by atoms with Crippen molar-refractivity contribution in [2.45, 2.75) is 65.1 Å². The van der Waals surface area contributed by atoms with Gasteiger partial charge in [-0.1, -0.05) is 44.5 Å². The maximum absolute atomic E-state index is 14.3. The molecule has 1 aliphatic heterocycles. The fraction of sp³-hybridized carbons (Fsp3) is 0.565. The van der Waals surface area contributed by atoms with Crippen LogP contribution in [0.15, 0.2) is 47.3 Å². The topological polar surface area (TPSA) is 27.7 Å². The number of methoxy groups -OCH3 is 1. The van der Waals surface area contributed by atoms with Crippen LogP contribution in [0.4, 0.5) is 8.78 Å². The Labute approximate surface area is 167 Å². The summed E-state index contributed by atoms with van der Waals surface area (Å²) in [6.45, 7) is 5.86. The van der Waals surface area contributed by atoms with Gasteiger partial charge in [-0.25, -0.2) is 8.78 Å². The van der Waals surface area contributed by atoms with E-state index >= 15 is 0 Å². The molecule has 0 aromatic heterocycles. The van der Waals surface area contributed by atoms with Gasteiger partial charge in [0.15, 0.2) is 11.7 Å². The van der Waals surface area contributed by atoms with Crippen molar-refractivity contribution in [2.75, 3.05) is 20.3 Å². The predicted octanol–water partition coefficient (Wildman–Crippen LogP) is 6.36. The highest BCUT2D eigenvalue weighted by Gasteiger charge is 2.24. The summed E-state index contributed by atoms with van der Waals surface area (Å²) in [5, 5.41) is 0. The fourth-order valence-corrected chi connectivity index (χ4v) is 3.25. The minimum absolute atomic E-state index is 0.0527. The van der Waals surface area contributed by atoms with Gasteiger partial charge in [0.2, 0.25) is 0 Å². The van der Waals surface area contributed by atoms with E-state index in [1.54, 1.807) is 6.92 Å². The van der Waals surface area contributed by atoms with E-state index in [4.69, 9.17) is 14.2 Å². The van der Waals surface area contributed by atoms with Crippen molar-refractivity contribution in [2.24, 2.45) is 0 Å². The molecule has 1 saturated heterocycles. The van der Waals surface area contributed by atoms with Crippen LogP contribution in [0, 0.1) is 0 Å². The van der Waals surface area contributed by atoms with Crippen molar-refractivity contribution >= 4 is 0 Å². The van der Waals surface area contributed by atoms with Crippen molar-refractivity contribution in [3.63, 3.8) is 0 Å². The van der Waals surface area contributed by atoms with Crippen molar-refractivity contribution in [3.05, 3.63) is 58.4 Å². The van der Waals surface area contributed by atoms with Crippen molar-refractivity contribution in [3.8, 4) is 0 Å². The summed E-state index contributed by atoms with van der Waals surface area (Å²) in [5.41, 5.74) is 2.82. The fourth-order valence-electron chi connectivity index (χ4n) is 3.25. The van der Waals surface area contributed by atoms with E-state index in [2.05, 4.69) is 31.2 Å². The minimum Gasteiger partial charge on any atom is -0.498 e. The lowest BCUT2D eigenvalue weighted by Crippen LogP contribution is -2.28. The number of ether oxygens (including phenoxy) is 3. The highest BCUT2D eigenvalue weighted by atomic mass is 19.2. The Morgan fingerprint density at radius 3 is 2.36 bits per heavy atom. The van der Waals surface area contributed by atoms with Crippen LogP contribution in [0.25, 0.3) is 0 Å². The lowest BCUT2D eigenvalue weighted by atomic mass is 9.98. The van der Waals surface area contributed by atoms with E-state index in [1.807, 2.05) is 0 Å². The van der Waals surface area contributed by atoms with Gasteiger partial charge in [-0.05, 0) is 49.3 Å². The van der Waals surface area contributed by atoms with E-state index in [0.717, 1.165) is 25.7 Å². The third-order valence-corrected chi connectivity index (χ3v) is 5.16. The number of allylic oxidation sites excluding steroid dienone is 3. The number of hydrogen-bond donors (Lipinski definition) is 0. The maximum Gasteiger partial charge on any atom is 0.196 e. The first-order chi connectivity index (χ1) is 13.5. The van der Waals surface area contributed by atoms with Crippen LogP contribution < -0.4 is 0 Å². The zero-order chi connectivity index (χ0) is 20.5. The molecule has 0 saturated carbocycles. The molecule has 0 aliphatic carbocycles. The SMILES string of the molecule is CCCc1ccc(C2CCC(OC/C(CC)=C(F)/C(F)=C(\C)OC)CO2)cc1. The Balaban J connectivity index is 1.88. The lowest BCUT2D eigenvalue weighted by molar-refractivity contribution is -0.0824. The molecule has 0 bridgehead atoms. The van der Waals surface area contributed by atoms with Gasteiger partial charge in [0, 0.05) is 0 Å². The van der Waals surface area contributed by atoms with E-state index in [0.29, 0.717) is 18.6 Å². The second-order valence-electron chi connectivity index (χ2n) is 7.17. The van der Waals surface area contributed by atoms with Gasteiger partial charge in [-0.2, -0.15) is 0 Å². The zero-order valence-corrected chi connectivity index (χ0v) is 17.4. The van der Waals surface area contributed by atoms with E-state index in [-0.39, 0.29) is 24.6 Å².